The Morgan fingerprint density at radius 3 is 2.46 bits per heavy atom. The van der Waals surface area contributed by atoms with Crippen LogP contribution in [0, 0.1) is 6.92 Å². The summed E-state index contributed by atoms with van der Waals surface area (Å²) in [6.45, 7) is 2.04. The van der Waals surface area contributed by atoms with Crippen molar-refractivity contribution < 1.29 is 19.1 Å². The van der Waals surface area contributed by atoms with E-state index in [1.807, 2.05) is 43.3 Å². The standard InChI is InChI=1S/C23H17NO4/c1-14-4-2-5-15(10-14)16-8-9-20-18(11-16)13-21(28-20)22(25)24-19-7-3-6-17(12-19)23(26)27/h2-13H,1H3,(H,24,25)(H,26,27). The quantitative estimate of drug-likeness (QED) is 0.506. The zero-order valence-corrected chi connectivity index (χ0v) is 15.1. The maximum Gasteiger partial charge on any atom is 0.335 e. The summed E-state index contributed by atoms with van der Waals surface area (Å²) in [6.07, 6.45) is 0. The highest BCUT2D eigenvalue weighted by atomic mass is 16.4. The van der Waals surface area contributed by atoms with Gasteiger partial charge in [-0.15, -0.1) is 0 Å². The lowest BCUT2D eigenvalue weighted by atomic mass is 10.0. The molecule has 0 spiro atoms. The van der Waals surface area contributed by atoms with Crippen LogP contribution in [0.5, 0.6) is 0 Å². The van der Waals surface area contributed by atoms with Gasteiger partial charge in [0, 0.05) is 11.1 Å². The number of rotatable bonds is 4. The smallest absolute Gasteiger partial charge is 0.335 e. The topological polar surface area (TPSA) is 79.5 Å². The normalized spacial score (nSPS) is 10.8. The number of anilines is 1. The SMILES string of the molecule is Cc1cccc(-c2ccc3oc(C(=O)Nc4cccc(C(=O)O)c4)cc3c2)c1. The molecule has 1 heterocycles. The largest absolute Gasteiger partial charge is 0.478 e. The lowest BCUT2D eigenvalue weighted by molar-refractivity contribution is 0.0696. The number of hydrogen-bond acceptors (Lipinski definition) is 3. The second kappa shape index (κ2) is 7.04. The van der Waals surface area contributed by atoms with Gasteiger partial charge in [0.05, 0.1) is 5.56 Å². The molecule has 3 aromatic carbocycles. The third-order valence-electron chi connectivity index (χ3n) is 4.46. The molecular formula is C23H17NO4. The monoisotopic (exact) mass is 371 g/mol. The number of aromatic carboxylic acids is 1. The van der Waals surface area contributed by atoms with E-state index in [9.17, 15) is 9.59 Å². The number of hydrogen-bond donors (Lipinski definition) is 2. The van der Waals surface area contributed by atoms with Crippen LogP contribution in [0.4, 0.5) is 5.69 Å². The Labute approximate surface area is 161 Å². The van der Waals surface area contributed by atoms with Gasteiger partial charge in [-0.05, 0) is 54.4 Å². The average molecular weight is 371 g/mol. The van der Waals surface area contributed by atoms with Crippen LogP contribution in [-0.4, -0.2) is 17.0 Å². The van der Waals surface area contributed by atoms with E-state index in [1.165, 1.54) is 17.7 Å². The molecule has 0 fully saturated rings. The minimum Gasteiger partial charge on any atom is -0.478 e. The highest BCUT2D eigenvalue weighted by Gasteiger charge is 2.14. The van der Waals surface area contributed by atoms with E-state index in [1.54, 1.807) is 18.2 Å². The van der Waals surface area contributed by atoms with Crippen LogP contribution in [-0.2, 0) is 0 Å². The molecule has 138 valence electrons. The summed E-state index contributed by atoms with van der Waals surface area (Å²) in [6, 6.07) is 21.7. The second-order valence-corrected chi connectivity index (χ2v) is 6.57. The fourth-order valence-electron chi connectivity index (χ4n) is 3.08. The number of carboxylic acid groups (broad SMARTS) is 1. The van der Waals surface area contributed by atoms with E-state index in [0.29, 0.717) is 11.3 Å². The predicted octanol–water partition coefficient (Wildman–Crippen LogP) is 5.36. The summed E-state index contributed by atoms with van der Waals surface area (Å²) in [5.41, 5.74) is 4.42. The molecule has 0 saturated heterocycles. The van der Waals surface area contributed by atoms with Gasteiger partial charge >= 0.3 is 5.97 Å². The molecular weight excluding hydrogens is 354 g/mol. The van der Waals surface area contributed by atoms with Crippen molar-refractivity contribution in [3.8, 4) is 11.1 Å². The number of amides is 1. The van der Waals surface area contributed by atoms with Crippen LogP contribution >= 0.6 is 0 Å². The Morgan fingerprint density at radius 2 is 1.68 bits per heavy atom. The number of benzene rings is 3. The summed E-state index contributed by atoms with van der Waals surface area (Å²) in [7, 11) is 0. The molecule has 1 aromatic heterocycles. The van der Waals surface area contributed by atoms with Crippen molar-refractivity contribution in [2.45, 2.75) is 6.92 Å². The molecule has 0 aliphatic heterocycles. The first-order chi connectivity index (χ1) is 13.5. The van der Waals surface area contributed by atoms with Gasteiger partial charge < -0.3 is 14.8 Å². The zero-order chi connectivity index (χ0) is 19.7. The number of carboxylic acids is 1. The Bertz CT molecular complexity index is 1210. The molecule has 28 heavy (non-hydrogen) atoms. The summed E-state index contributed by atoms with van der Waals surface area (Å²) in [5, 5.41) is 12.6. The Hall–Kier alpha value is -3.86. The zero-order valence-electron chi connectivity index (χ0n) is 15.1. The predicted molar refractivity (Wildman–Crippen MR) is 108 cm³/mol. The van der Waals surface area contributed by atoms with E-state index < -0.39 is 11.9 Å². The van der Waals surface area contributed by atoms with Gasteiger partial charge in [-0.1, -0.05) is 42.0 Å². The van der Waals surface area contributed by atoms with Gasteiger partial charge in [-0.3, -0.25) is 4.79 Å². The third kappa shape index (κ3) is 3.50. The van der Waals surface area contributed by atoms with E-state index in [-0.39, 0.29) is 11.3 Å². The van der Waals surface area contributed by atoms with Gasteiger partial charge in [-0.25, -0.2) is 4.79 Å². The van der Waals surface area contributed by atoms with Gasteiger partial charge in [-0.2, -0.15) is 0 Å². The lowest BCUT2D eigenvalue weighted by Crippen LogP contribution is -2.11. The maximum atomic E-state index is 12.5. The van der Waals surface area contributed by atoms with Crippen molar-refractivity contribution in [3.05, 3.63) is 89.7 Å². The highest BCUT2D eigenvalue weighted by molar-refractivity contribution is 6.05. The molecule has 4 aromatic rings. The maximum absolute atomic E-state index is 12.5. The summed E-state index contributed by atoms with van der Waals surface area (Å²) in [5.74, 6) is -1.32. The van der Waals surface area contributed by atoms with Gasteiger partial charge in [0.1, 0.15) is 5.58 Å². The highest BCUT2D eigenvalue weighted by Crippen LogP contribution is 2.27. The number of fused-ring (bicyclic) bond motifs is 1. The van der Waals surface area contributed by atoms with Crippen molar-refractivity contribution in [1.82, 2.24) is 0 Å². The van der Waals surface area contributed by atoms with Crippen molar-refractivity contribution in [3.63, 3.8) is 0 Å². The van der Waals surface area contributed by atoms with Crippen LogP contribution in [0.3, 0.4) is 0 Å². The minimum atomic E-state index is -1.05. The first-order valence-corrected chi connectivity index (χ1v) is 8.75. The van der Waals surface area contributed by atoms with Crippen LogP contribution < -0.4 is 5.32 Å². The van der Waals surface area contributed by atoms with Crippen LogP contribution in [0.25, 0.3) is 22.1 Å². The fraction of sp³-hybridized carbons (Fsp3) is 0.0435. The lowest BCUT2D eigenvalue weighted by Gasteiger charge is -2.03. The second-order valence-electron chi connectivity index (χ2n) is 6.57. The third-order valence-corrected chi connectivity index (χ3v) is 4.46. The molecule has 0 radical (unpaired) electrons. The number of carbonyl (C=O) groups is 2. The van der Waals surface area contributed by atoms with Crippen molar-refractivity contribution in [1.29, 1.82) is 0 Å². The first-order valence-electron chi connectivity index (χ1n) is 8.75. The van der Waals surface area contributed by atoms with E-state index in [4.69, 9.17) is 9.52 Å². The Balaban J connectivity index is 1.61. The summed E-state index contributed by atoms with van der Waals surface area (Å²) >= 11 is 0. The molecule has 4 rings (SSSR count). The van der Waals surface area contributed by atoms with Crippen molar-refractivity contribution in [2.75, 3.05) is 5.32 Å². The van der Waals surface area contributed by atoms with Crippen LogP contribution in [0.2, 0.25) is 0 Å². The molecule has 0 saturated carbocycles. The van der Waals surface area contributed by atoms with Gasteiger partial charge in [0.25, 0.3) is 5.91 Å². The summed E-state index contributed by atoms with van der Waals surface area (Å²) in [4.78, 5) is 23.6. The Kier molecular flexibility index (Phi) is 4.41. The molecule has 0 aliphatic carbocycles. The average Bonchev–Trinajstić information content (AvgIpc) is 3.11. The number of aryl methyl sites for hydroxylation is 1. The molecule has 2 N–H and O–H groups in total. The van der Waals surface area contributed by atoms with Crippen molar-refractivity contribution >= 4 is 28.5 Å². The van der Waals surface area contributed by atoms with Crippen molar-refractivity contribution in [2.24, 2.45) is 0 Å². The number of carbonyl (C=O) groups excluding carboxylic acids is 1. The minimum absolute atomic E-state index is 0.102. The van der Waals surface area contributed by atoms with Gasteiger partial charge in [0.2, 0.25) is 0 Å². The molecule has 0 unspecified atom stereocenters. The van der Waals surface area contributed by atoms with Crippen LogP contribution in [0.1, 0.15) is 26.5 Å². The molecule has 1 amide bonds. The molecule has 0 aliphatic rings. The molecule has 0 atom stereocenters. The van der Waals surface area contributed by atoms with E-state index in [0.717, 1.165) is 16.5 Å². The summed E-state index contributed by atoms with van der Waals surface area (Å²) < 4.78 is 5.67. The van der Waals surface area contributed by atoms with Crippen LogP contribution in [0.15, 0.2) is 77.2 Å². The fourth-order valence-corrected chi connectivity index (χ4v) is 3.08. The molecule has 5 heteroatoms. The Morgan fingerprint density at radius 1 is 0.893 bits per heavy atom. The molecule has 5 nitrogen and oxygen atoms in total. The number of nitrogens with one attached hydrogen (secondary N) is 1. The van der Waals surface area contributed by atoms with E-state index >= 15 is 0 Å². The number of furan rings is 1. The van der Waals surface area contributed by atoms with E-state index in [2.05, 4.69) is 11.4 Å². The first kappa shape index (κ1) is 17.5. The van der Waals surface area contributed by atoms with Gasteiger partial charge in [0.15, 0.2) is 5.76 Å². The molecule has 0 bridgehead atoms.